The van der Waals surface area contributed by atoms with Gasteiger partial charge in [-0.3, -0.25) is 9.78 Å². The summed E-state index contributed by atoms with van der Waals surface area (Å²) < 4.78 is 45.1. The molecule has 1 saturated heterocycles. The standard InChI is InChI=1S/C17H18FN3O4S/c1-25-16-5-4-13(18)11-15(16)17(22)20-7-9-21(10-8-20)26(23,24)14-3-2-6-19-12-14/h2-6,11-12H,7-10H2,1H3. The van der Waals surface area contributed by atoms with Crippen LogP contribution in [-0.4, -0.2) is 61.8 Å². The molecule has 26 heavy (non-hydrogen) atoms. The summed E-state index contributed by atoms with van der Waals surface area (Å²) in [5, 5.41) is 0. The van der Waals surface area contributed by atoms with Crippen molar-refractivity contribution in [2.75, 3.05) is 33.3 Å². The minimum atomic E-state index is -3.65. The Morgan fingerprint density at radius 1 is 1.19 bits per heavy atom. The molecule has 0 atom stereocenters. The number of methoxy groups -OCH3 is 1. The highest BCUT2D eigenvalue weighted by atomic mass is 32.2. The van der Waals surface area contributed by atoms with Gasteiger partial charge >= 0.3 is 0 Å². The average Bonchev–Trinajstić information content (AvgIpc) is 2.68. The van der Waals surface area contributed by atoms with Crippen molar-refractivity contribution in [3.05, 3.63) is 54.1 Å². The summed E-state index contributed by atoms with van der Waals surface area (Å²) >= 11 is 0. The van der Waals surface area contributed by atoms with Gasteiger partial charge in [-0.05, 0) is 30.3 Å². The molecule has 0 spiro atoms. The third-order valence-electron chi connectivity index (χ3n) is 4.19. The van der Waals surface area contributed by atoms with Crippen LogP contribution < -0.4 is 4.74 Å². The number of hydrogen-bond donors (Lipinski definition) is 0. The van der Waals surface area contributed by atoms with E-state index in [1.165, 1.54) is 46.9 Å². The van der Waals surface area contributed by atoms with Crippen LogP contribution in [-0.2, 0) is 10.0 Å². The molecule has 0 aliphatic carbocycles. The Bertz CT molecular complexity index is 897. The van der Waals surface area contributed by atoms with Crippen molar-refractivity contribution in [3.8, 4) is 5.75 Å². The molecule has 3 rings (SSSR count). The molecule has 0 bridgehead atoms. The van der Waals surface area contributed by atoms with E-state index in [9.17, 15) is 17.6 Å². The maximum atomic E-state index is 13.5. The van der Waals surface area contributed by atoms with Crippen LogP contribution in [0, 0.1) is 5.82 Å². The number of carbonyl (C=O) groups excluding carboxylic acids is 1. The second-order valence-electron chi connectivity index (χ2n) is 5.73. The van der Waals surface area contributed by atoms with Crippen LogP contribution in [0.3, 0.4) is 0 Å². The Balaban J connectivity index is 1.73. The lowest BCUT2D eigenvalue weighted by atomic mass is 10.1. The Hall–Kier alpha value is -2.52. The lowest BCUT2D eigenvalue weighted by Gasteiger charge is -2.34. The van der Waals surface area contributed by atoms with Crippen LogP contribution >= 0.6 is 0 Å². The molecule has 1 aliphatic rings. The normalized spacial score (nSPS) is 15.7. The van der Waals surface area contributed by atoms with Crippen LogP contribution in [0.5, 0.6) is 5.75 Å². The van der Waals surface area contributed by atoms with Crippen molar-refractivity contribution in [1.82, 2.24) is 14.2 Å². The molecule has 7 nitrogen and oxygen atoms in total. The summed E-state index contributed by atoms with van der Waals surface area (Å²) in [6.07, 6.45) is 2.80. The topological polar surface area (TPSA) is 79.8 Å². The Morgan fingerprint density at radius 2 is 1.92 bits per heavy atom. The fourth-order valence-corrected chi connectivity index (χ4v) is 4.18. The van der Waals surface area contributed by atoms with Gasteiger partial charge in [-0.1, -0.05) is 0 Å². The van der Waals surface area contributed by atoms with E-state index < -0.39 is 15.8 Å². The fourth-order valence-electron chi connectivity index (χ4n) is 2.80. The number of piperazine rings is 1. The smallest absolute Gasteiger partial charge is 0.257 e. The predicted molar refractivity (Wildman–Crippen MR) is 91.9 cm³/mol. The number of nitrogens with zero attached hydrogens (tertiary/aromatic N) is 3. The van der Waals surface area contributed by atoms with E-state index in [1.54, 1.807) is 6.07 Å². The average molecular weight is 379 g/mol. The van der Waals surface area contributed by atoms with E-state index in [-0.39, 0.29) is 48.3 Å². The van der Waals surface area contributed by atoms with E-state index >= 15 is 0 Å². The van der Waals surface area contributed by atoms with Crippen molar-refractivity contribution in [2.45, 2.75) is 4.90 Å². The molecule has 138 valence electrons. The van der Waals surface area contributed by atoms with Crippen molar-refractivity contribution in [2.24, 2.45) is 0 Å². The highest BCUT2D eigenvalue weighted by Gasteiger charge is 2.31. The fraction of sp³-hybridized carbons (Fsp3) is 0.294. The molecule has 9 heteroatoms. The molecule has 1 fully saturated rings. The lowest BCUT2D eigenvalue weighted by Crippen LogP contribution is -2.50. The van der Waals surface area contributed by atoms with Gasteiger partial charge in [0.05, 0.1) is 12.7 Å². The predicted octanol–water partition coefficient (Wildman–Crippen LogP) is 1.38. The number of hydrogen-bond acceptors (Lipinski definition) is 5. The summed E-state index contributed by atoms with van der Waals surface area (Å²) in [4.78, 5) is 18.1. The molecule has 0 radical (unpaired) electrons. The molecule has 0 saturated carbocycles. The first kappa shape index (κ1) is 18.3. The van der Waals surface area contributed by atoms with Gasteiger partial charge in [0.1, 0.15) is 16.5 Å². The van der Waals surface area contributed by atoms with Gasteiger partial charge in [0.25, 0.3) is 5.91 Å². The van der Waals surface area contributed by atoms with Crippen molar-refractivity contribution in [1.29, 1.82) is 0 Å². The van der Waals surface area contributed by atoms with E-state index in [2.05, 4.69) is 4.98 Å². The maximum absolute atomic E-state index is 13.5. The molecule has 0 unspecified atom stereocenters. The number of benzene rings is 1. The molecule has 1 aromatic carbocycles. The molecule has 1 aromatic heterocycles. The first-order valence-electron chi connectivity index (χ1n) is 7.96. The minimum absolute atomic E-state index is 0.117. The zero-order chi connectivity index (χ0) is 18.7. The SMILES string of the molecule is COc1ccc(F)cc1C(=O)N1CCN(S(=O)(=O)c2cccnc2)CC1. The summed E-state index contributed by atoms with van der Waals surface area (Å²) in [6.45, 7) is 0.719. The quantitative estimate of drug-likeness (QED) is 0.802. The van der Waals surface area contributed by atoms with Crippen molar-refractivity contribution >= 4 is 15.9 Å². The Labute approximate surface area is 151 Å². The third-order valence-corrected chi connectivity index (χ3v) is 6.07. The first-order valence-corrected chi connectivity index (χ1v) is 9.40. The van der Waals surface area contributed by atoms with Crippen LogP contribution in [0.1, 0.15) is 10.4 Å². The van der Waals surface area contributed by atoms with Crippen LogP contribution in [0.15, 0.2) is 47.6 Å². The first-order chi connectivity index (χ1) is 12.4. The molecule has 1 aliphatic heterocycles. The summed E-state index contributed by atoms with van der Waals surface area (Å²) in [5.41, 5.74) is 0.121. The Kier molecular flexibility index (Phi) is 5.19. The number of sulfonamides is 1. The van der Waals surface area contributed by atoms with Crippen LogP contribution in [0.2, 0.25) is 0 Å². The summed E-state index contributed by atoms with van der Waals surface area (Å²) in [5.74, 6) is -0.645. The molecule has 1 amide bonds. The minimum Gasteiger partial charge on any atom is -0.496 e. The molecular formula is C17H18FN3O4S. The Morgan fingerprint density at radius 3 is 2.54 bits per heavy atom. The second kappa shape index (κ2) is 7.38. The van der Waals surface area contributed by atoms with Gasteiger partial charge in [-0.25, -0.2) is 12.8 Å². The number of carbonyl (C=O) groups is 1. The van der Waals surface area contributed by atoms with E-state index in [0.29, 0.717) is 0 Å². The van der Waals surface area contributed by atoms with Gasteiger partial charge in [0.2, 0.25) is 10.0 Å². The summed E-state index contributed by atoms with van der Waals surface area (Å²) in [7, 11) is -2.24. The maximum Gasteiger partial charge on any atom is 0.257 e. The molecule has 2 heterocycles. The number of ether oxygens (including phenoxy) is 1. The zero-order valence-electron chi connectivity index (χ0n) is 14.1. The second-order valence-corrected chi connectivity index (χ2v) is 7.67. The highest BCUT2D eigenvalue weighted by Crippen LogP contribution is 2.23. The third kappa shape index (κ3) is 3.54. The van der Waals surface area contributed by atoms with E-state index in [0.717, 1.165) is 6.07 Å². The lowest BCUT2D eigenvalue weighted by molar-refractivity contribution is 0.0694. The number of rotatable bonds is 4. The summed E-state index contributed by atoms with van der Waals surface area (Å²) in [6, 6.07) is 6.78. The van der Waals surface area contributed by atoms with Gasteiger partial charge in [0.15, 0.2) is 0 Å². The zero-order valence-corrected chi connectivity index (χ0v) is 14.9. The van der Waals surface area contributed by atoms with Crippen molar-refractivity contribution < 1.29 is 22.3 Å². The highest BCUT2D eigenvalue weighted by molar-refractivity contribution is 7.89. The number of aromatic nitrogens is 1. The van der Waals surface area contributed by atoms with E-state index in [1.807, 2.05) is 0 Å². The molecular weight excluding hydrogens is 361 g/mol. The molecule has 0 N–H and O–H groups in total. The monoisotopic (exact) mass is 379 g/mol. The number of halogens is 1. The largest absolute Gasteiger partial charge is 0.496 e. The van der Waals surface area contributed by atoms with Crippen LogP contribution in [0.25, 0.3) is 0 Å². The van der Waals surface area contributed by atoms with Gasteiger partial charge < -0.3 is 9.64 Å². The number of pyridine rings is 1. The van der Waals surface area contributed by atoms with Crippen molar-refractivity contribution in [3.63, 3.8) is 0 Å². The van der Waals surface area contributed by atoms with Gasteiger partial charge in [-0.15, -0.1) is 0 Å². The molecule has 2 aromatic rings. The van der Waals surface area contributed by atoms with Gasteiger partial charge in [0, 0.05) is 38.6 Å². The van der Waals surface area contributed by atoms with Gasteiger partial charge in [-0.2, -0.15) is 4.31 Å². The van der Waals surface area contributed by atoms with Crippen LogP contribution in [0.4, 0.5) is 4.39 Å². The van der Waals surface area contributed by atoms with E-state index in [4.69, 9.17) is 4.74 Å². The number of amides is 1.